The van der Waals surface area contributed by atoms with Crippen LogP contribution in [-0.4, -0.2) is 67.6 Å². The molecule has 1 aliphatic rings. The van der Waals surface area contributed by atoms with Crippen molar-refractivity contribution in [1.82, 2.24) is 15.1 Å². The van der Waals surface area contributed by atoms with Crippen molar-refractivity contribution >= 4 is 34.1 Å². The predicted octanol–water partition coefficient (Wildman–Crippen LogP) is 1.60. The Morgan fingerprint density at radius 1 is 1.14 bits per heavy atom. The van der Waals surface area contributed by atoms with Crippen molar-refractivity contribution in [2.75, 3.05) is 51.2 Å². The number of methoxy groups -OCH3 is 2. The molecule has 1 saturated heterocycles. The van der Waals surface area contributed by atoms with E-state index in [1.165, 1.54) is 14.2 Å². The molecule has 1 aromatic carbocycles. The molecule has 3 rings (SSSR count). The second-order valence-electron chi connectivity index (χ2n) is 5.82. The highest BCUT2D eigenvalue weighted by Crippen LogP contribution is 2.29. The van der Waals surface area contributed by atoms with E-state index in [0.717, 1.165) is 11.3 Å². The van der Waals surface area contributed by atoms with Crippen LogP contribution in [0.1, 0.15) is 5.01 Å². The third-order valence-electron chi connectivity index (χ3n) is 3.99. The maximum atomic E-state index is 12.2. The topological polar surface area (TPSA) is 115 Å². The van der Waals surface area contributed by atoms with Crippen molar-refractivity contribution < 1.29 is 23.8 Å². The zero-order valence-electron chi connectivity index (χ0n) is 15.6. The van der Waals surface area contributed by atoms with Crippen LogP contribution < -0.4 is 20.1 Å². The fourth-order valence-corrected chi connectivity index (χ4v) is 3.33. The molecular weight excluding hydrogens is 386 g/mol. The molecule has 1 aromatic heterocycles. The quantitative estimate of drug-likeness (QED) is 0.747. The minimum atomic E-state index is -0.477. The van der Waals surface area contributed by atoms with E-state index in [4.69, 9.17) is 14.2 Å². The zero-order valence-corrected chi connectivity index (χ0v) is 16.4. The average Bonchev–Trinajstić information content (AvgIpc) is 3.14. The van der Waals surface area contributed by atoms with E-state index in [-0.39, 0.29) is 12.3 Å². The molecule has 0 radical (unpaired) electrons. The number of aromatic nitrogens is 2. The Morgan fingerprint density at radius 3 is 2.61 bits per heavy atom. The minimum Gasteiger partial charge on any atom is -0.493 e. The number of hydrogen-bond acceptors (Lipinski definition) is 8. The molecule has 10 nitrogen and oxygen atoms in total. The van der Waals surface area contributed by atoms with Gasteiger partial charge in [-0.05, 0) is 12.1 Å². The van der Waals surface area contributed by atoms with E-state index in [2.05, 4.69) is 20.8 Å². The molecule has 2 N–H and O–H groups in total. The normalized spacial score (nSPS) is 13.7. The van der Waals surface area contributed by atoms with Crippen LogP contribution in [0.2, 0.25) is 0 Å². The molecule has 2 aromatic rings. The number of hydrogen-bond donors (Lipinski definition) is 2. The van der Waals surface area contributed by atoms with Gasteiger partial charge < -0.3 is 24.4 Å². The summed E-state index contributed by atoms with van der Waals surface area (Å²) in [6, 6.07) is 4.54. The highest BCUT2D eigenvalue weighted by molar-refractivity contribution is 7.15. The van der Waals surface area contributed by atoms with Crippen LogP contribution in [-0.2, 0) is 16.0 Å². The van der Waals surface area contributed by atoms with Gasteiger partial charge in [-0.25, -0.2) is 4.79 Å². The first-order chi connectivity index (χ1) is 13.6. The van der Waals surface area contributed by atoms with Gasteiger partial charge in [0.15, 0.2) is 11.5 Å². The first-order valence-corrected chi connectivity index (χ1v) is 9.38. The Bertz CT molecular complexity index is 837. The number of amides is 3. The lowest BCUT2D eigenvalue weighted by molar-refractivity contribution is -0.134. The van der Waals surface area contributed by atoms with Crippen LogP contribution in [0.25, 0.3) is 0 Å². The molecule has 150 valence electrons. The number of urea groups is 1. The van der Waals surface area contributed by atoms with Crippen molar-refractivity contribution in [2.45, 2.75) is 6.42 Å². The number of benzene rings is 1. The molecule has 0 aliphatic carbocycles. The molecule has 2 heterocycles. The van der Waals surface area contributed by atoms with Crippen LogP contribution in [0.4, 0.5) is 15.6 Å². The number of anilines is 2. The van der Waals surface area contributed by atoms with E-state index in [1.807, 2.05) is 0 Å². The second-order valence-corrected chi connectivity index (χ2v) is 6.88. The first kappa shape index (κ1) is 19.8. The molecule has 0 unspecified atom stereocenters. The smallest absolute Gasteiger partial charge is 0.325 e. The van der Waals surface area contributed by atoms with Crippen LogP contribution in [0, 0.1) is 0 Å². The van der Waals surface area contributed by atoms with Gasteiger partial charge in [-0.1, -0.05) is 11.3 Å². The van der Waals surface area contributed by atoms with Crippen LogP contribution >= 0.6 is 11.3 Å². The van der Waals surface area contributed by atoms with E-state index in [9.17, 15) is 9.59 Å². The van der Waals surface area contributed by atoms with Crippen LogP contribution in [0.3, 0.4) is 0 Å². The van der Waals surface area contributed by atoms with Gasteiger partial charge in [0, 0.05) is 24.8 Å². The van der Waals surface area contributed by atoms with Gasteiger partial charge in [-0.2, -0.15) is 0 Å². The molecule has 11 heteroatoms. The Balaban J connectivity index is 1.54. The lowest BCUT2D eigenvalue weighted by Gasteiger charge is -2.26. The van der Waals surface area contributed by atoms with Crippen molar-refractivity contribution in [3.05, 3.63) is 23.2 Å². The van der Waals surface area contributed by atoms with Crippen molar-refractivity contribution in [2.24, 2.45) is 0 Å². The van der Waals surface area contributed by atoms with Crippen molar-refractivity contribution in [1.29, 1.82) is 0 Å². The van der Waals surface area contributed by atoms with Crippen LogP contribution in [0.5, 0.6) is 11.5 Å². The molecular formula is C17H21N5O5S. The van der Waals surface area contributed by atoms with Gasteiger partial charge in [0.2, 0.25) is 11.0 Å². The maximum Gasteiger partial charge on any atom is 0.325 e. The molecule has 0 bridgehead atoms. The summed E-state index contributed by atoms with van der Waals surface area (Å²) in [5, 5.41) is 14.0. The fourth-order valence-electron chi connectivity index (χ4n) is 2.60. The number of morpholine rings is 1. The zero-order chi connectivity index (χ0) is 19.9. The van der Waals surface area contributed by atoms with Crippen molar-refractivity contribution in [3.8, 4) is 11.5 Å². The Hall–Kier alpha value is -2.92. The molecule has 28 heavy (non-hydrogen) atoms. The third-order valence-corrected chi connectivity index (χ3v) is 4.83. The highest BCUT2D eigenvalue weighted by Gasteiger charge is 2.19. The first-order valence-electron chi connectivity index (χ1n) is 8.57. The summed E-state index contributed by atoms with van der Waals surface area (Å²) in [6.07, 6.45) is 0.149. The molecule has 1 fully saturated rings. The average molecular weight is 407 g/mol. The Morgan fingerprint density at radius 2 is 1.89 bits per heavy atom. The number of ether oxygens (including phenoxy) is 3. The van der Waals surface area contributed by atoms with E-state index >= 15 is 0 Å². The second kappa shape index (κ2) is 9.33. The van der Waals surface area contributed by atoms with E-state index in [0.29, 0.717) is 53.6 Å². The van der Waals surface area contributed by atoms with Gasteiger partial charge in [-0.3, -0.25) is 10.1 Å². The largest absolute Gasteiger partial charge is 0.493 e. The lowest BCUT2D eigenvalue weighted by atomic mass is 10.3. The third kappa shape index (κ3) is 5.08. The summed E-state index contributed by atoms with van der Waals surface area (Å²) in [5.41, 5.74) is 0.530. The maximum absolute atomic E-state index is 12.2. The SMILES string of the molecule is COc1ccc(NC(=O)Nc2nnc(CC(=O)N3CCOCC3)s2)cc1OC. The number of nitrogens with one attached hydrogen (secondary N) is 2. The van der Waals surface area contributed by atoms with Gasteiger partial charge in [0.25, 0.3) is 0 Å². The summed E-state index contributed by atoms with van der Waals surface area (Å²) in [5.74, 6) is 1.04. The summed E-state index contributed by atoms with van der Waals surface area (Å²) < 4.78 is 15.6. The number of carbonyl (C=O) groups is 2. The number of rotatable bonds is 6. The van der Waals surface area contributed by atoms with Crippen LogP contribution in [0.15, 0.2) is 18.2 Å². The Kier molecular flexibility index (Phi) is 6.61. The van der Waals surface area contributed by atoms with Gasteiger partial charge in [-0.15, -0.1) is 10.2 Å². The monoisotopic (exact) mass is 407 g/mol. The number of nitrogens with zero attached hydrogens (tertiary/aromatic N) is 3. The van der Waals surface area contributed by atoms with Gasteiger partial charge in [0.05, 0.1) is 33.9 Å². The lowest BCUT2D eigenvalue weighted by Crippen LogP contribution is -2.41. The predicted molar refractivity (Wildman–Crippen MR) is 103 cm³/mol. The fraction of sp³-hybridized carbons (Fsp3) is 0.412. The summed E-state index contributed by atoms with van der Waals surface area (Å²) in [4.78, 5) is 26.1. The summed E-state index contributed by atoms with van der Waals surface area (Å²) in [7, 11) is 3.05. The molecule has 0 spiro atoms. The van der Waals surface area contributed by atoms with Crippen molar-refractivity contribution in [3.63, 3.8) is 0 Å². The summed E-state index contributed by atoms with van der Waals surface area (Å²) in [6.45, 7) is 2.25. The number of carbonyl (C=O) groups excluding carboxylic acids is 2. The molecule has 0 saturated carbocycles. The highest BCUT2D eigenvalue weighted by atomic mass is 32.1. The van der Waals surface area contributed by atoms with Gasteiger partial charge in [0.1, 0.15) is 5.01 Å². The summed E-state index contributed by atoms with van der Waals surface area (Å²) >= 11 is 1.16. The molecule has 1 aliphatic heterocycles. The minimum absolute atomic E-state index is 0.0271. The molecule has 0 atom stereocenters. The standard InChI is InChI=1S/C17H21N5O5S/c1-25-12-4-3-11(9-13(12)26-2)18-16(24)19-17-21-20-14(28-17)10-15(23)22-5-7-27-8-6-22/h3-4,9H,5-8,10H2,1-2H3,(H2,18,19,21,24). The molecule has 3 amide bonds. The van der Waals surface area contributed by atoms with E-state index in [1.54, 1.807) is 23.1 Å². The Labute approximate surface area is 165 Å². The van der Waals surface area contributed by atoms with Gasteiger partial charge >= 0.3 is 6.03 Å². The van der Waals surface area contributed by atoms with E-state index < -0.39 is 6.03 Å².